The van der Waals surface area contributed by atoms with Gasteiger partial charge in [0, 0.05) is 11.4 Å². The number of aryl methyl sites for hydroxylation is 4. The Bertz CT molecular complexity index is 1020. The summed E-state index contributed by atoms with van der Waals surface area (Å²) in [4.78, 5) is 51.0. The van der Waals surface area contributed by atoms with Crippen LogP contribution in [0.1, 0.15) is 48.8 Å². The zero-order valence-electron chi connectivity index (χ0n) is 18.5. The van der Waals surface area contributed by atoms with Gasteiger partial charge in [0.2, 0.25) is 5.91 Å². The number of methoxy groups -OCH3 is 1. The summed E-state index contributed by atoms with van der Waals surface area (Å²) < 4.78 is 9.68. The van der Waals surface area contributed by atoms with Gasteiger partial charge in [0.25, 0.3) is 5.91 Å². The van der Waals surface area contributed by atoms with Gasteiger partial charge in [-0.2, -0.15) is 0 Å². The largest absolute Gasteiger partial charge is 0.465 e. The van der Waals surface area contributed by atoms with Crippen LogP contribution >= 0.6 is 0 Å². The highest BCUT2D eigenvalue weighted by Gasteiger charge is 2.23. The van der Waals surface area contributed by atoms with Gasteiger partial charge >= 0.3 is 11.9 Å². The van der Waals surface area contributed by atoms with Gasteiger partial charge in [0.1, 0.15) is 5.69 Å². The Morgan fingerprint density at radius 3 is 2.13 bits per heavy atom. The highest BCUT2D eigenvalue weighted by Crippen LogP contribution is 2.22. The van der Waals surface area contributed by atoms with Crippen molar-refractivity contribution in [2.45, 2.75) is 34.6 Å². The number of esters is 2. The molecule has 0 aliphatic rings. The predicted octanol–water partition coefficient (Wildman–Crippen LogP) is 2.26. The smallest absolute Gasteiger partial charge is 0.355 e. The van der Waals surface area contributed by atoms with E-state index < -0.39 is 30.4 Å². The number of carbonyl (C=O) groups excluding carboxylic acids is 4. The van der Waals surface area contributed by atoms with Gasteiger partial charge in [-0.3, -0.25) is 9.59 Å². The summed E-state index contributed by atoms with van der Waals surface area (Å²) in [7, 11) is 1.24. The molecule has 0 radical (unpaired) electrons. The zero-order chi connectivity index (χ0) is 23.3. The second kappa shape index (κ2) is 9.92. The molecule has 2 aromatic rings. The molecule has 2 amide bonds. The third kappa shape index (κ3) is 5.71. The van der Waals surface area contributed by atoms with E-state index in [4.69, 9.17) is 9.47 Å². The van der Waals surface area contributed by atoms with Gasteiger partial charge in [-0.05, 0) is 51.3 Å². The number of hydrogen-bond acceptors (Lipinski definition) is 6. The van der Waals surface area contributed by atoms with Crippen LogP contribution in [-0.2, 0) is 19.1 Å². The molecule has 166 valence electrons. The molecule has 31 heavy (non-hydrogen) atoms. The Hall–Kier alpha value is -3.62. The van der Waals surface area contributed by atoms with Crippen molar-refractivity contribution >= 4 is 29.4 Å². The summed E-state index contributed by atoms with van der Waals surface area (Å²) in [6.07, 6.45) is 0. The number of ether oxygens (including phenoxy) is 2. The number of rotatable bonds is 7. The monoisotopic (exact) mass is 429 g/mol. The van der Waals surface area contributed by atoms with Gasteiger partial charge in [0.15, 0.2) is 6.61 Å². The molecule has 0 atom stereocenters. The molecular formula is C22H27N3O6. The molecule has 0 aliphatic heterocycles. The molecule has 0 saturated heterocycles. The summed E-state index contributed by atoms with van der Waals surface area (Å²) >= 11 is 0. The minimum absolute atomic E-state index is 0.0637. The third-order valence-corrected chi connectivity index (χ3v) is 4.75. The fourth-order valence-electron chi connectivity index (χ4n) is 3.36. The molecule has 9 nitrogen and oxygen atoms in total. The van der Waals surface area contributed by atoms with E-state index in [-0.39, 0.29) is 17.8 Å². The van der Waals surface area contributed by atoms with E-state index in [1.54, 1.807) is 13.8 Å². The van der Waals surface area contributed by atoms with E-state index in [9.17, 15) is 19.2 Å². The molecule has 3 N–H and O–H groups in total. The van der Waals surface area contributed by atoms with Crippen LogP contribution in [0.5, 0.6) is 0 Å². The summed E-state index contributed by atoms with van der Waals surface area (Å²) in [5.41, 5.74) is 4.79. The molecule has 9 heteroatoms. The molecule has 1 heterocycles. The number of aromatic nitrogens is 1. The number of carbonyl (C=O) groups is 4. The minimum atomic E-state index is -0.791. The average molecular weight is 429 g/mol. The molecule has 2 rings (SSSR count). The van der Waals surface area contributed by atoms with E-state index in [1.165, 1.54) is 7.11 Å². The van der Waals surface area contributed by atoms with Crippen molar-refractivity contribution in [3.8, 4) is 0 Å². The minimum Gasteiger partial charge on any atom is -0.465 e. The first kappa shape index (κ1) is 23.7. The number of hydrogen-bond donors (Lipinski definition) is 3. The summed E-state index contributed by atoms with van der Waals surface area (Å²) in [5, 5.41) is 5.18. The maximum Gasteiger partial charge on any atom is 0.355 e. The van der Waals surface area contributed by atoms with E-state index in [1.807, 2.05) is 32.9 Å². The van der Waals surface area contributed by atoms with Crippen molar-refractivity contribution in [1.29, 1.82) is 0 Å². The van der Waals surface area contributed by atoms with E-state index in [0.29, 0.717) is 16.9 Å². The standard InChI is InChI=1S/C22H27N3O6/c1-11-7-12(2)19(13(3)8-11)25-16(26)9-23-17(27)10-31-22(29)20-14(4)18(15(5)24-20)21(28)30-6/h7-8,24H,9-10H2,1-6H3,(H,23,27)(H,25,26). The lowest BCUT2D eigenvalue weighted by Gasteiger charge is -2.13. The van der Waals surface area contributed by atoms with Crippen molar-refractivity contribution in [1.82, 2.24) is 10.3 Å². The molecule has 1 aromatic heterocycles. The van der Waals surface area contributed by atoms with Gasteiger partial charge in [-0.25, -0.2) is 9.59 Å². The Morgan fingerprint density at radius 2 is 1.55 bits per heavy atom. The number of anilines is 1. The number of nitrogens with one attached hydrogen (secondary N) is 3. The maximum absolute atomic E-state index is 12.3. The lowest BCUT2D eigenvalue weighted by atomic mass is 10.1. The SMILES string of the molecule is COC(=O)c1c(C)[nH]c(C(=O)OCC(=O)NCC(=O)Nc2c(C)cc(C)cc2C)c1C. The molecular weight excluding hydrogens is 402 g/mol. The Balaban J connectivity index is 1.88. The van der Waals surface area contributed by atoms with Crippen molar-refractivity contribution < 1.29 is 28.7 Å². The fraction of sp³-hybridized carbons (Fsp3) is 0.364. The lowest BCUT2D eigenvalue weighted by molar-refractivity contribution is -0.126. The second-order valence-electron chi connectivity index (χ2n) is 7.29. The van der Waals surface area contributed by atoms with Crippen LogP contribution in [0.15, 0.2) is 12.1 Å². The number of benzene rings is 1. The average Bonchev–Trinajstić information content (AvgIpc) is 3.00. The first-order chi connectivity index (χ1) is 14.5. The van der Waals surface area contributed by atoms with Crippen molar-refractivity contribution in [3.05, 3.63) is 51.3 Å². The van der Waals surface area contributed by atoms with E-state index in [0.717, 1.165) is 16.7 Å². The Kier molecular flexibility index (Phi) is 7.57. The Labute approximate surface area is 180 Å². The van der Waals surface area contributed by atoms with E-state index >= 15 is 0 Å². The molecule has 0 unspecified atom stereocenters. The van der Waals surface area contributed by atoms with Crippen LogP contribution in [0, 0.1) is 34.6 Å². The van der Waals surface area contributed by atoms with Crippen LogP contribution in [0.4, 0.5) is 5.69 Å². The molecule has 0 saturated carbocycles. The maximum atomic E-state index is 12.3. The van der Waals surface area contributed by atoms with E-state index in [2.05, 4.69) is 15.6 Å². The van der Waals surface area contributed by atoms with Crippen LogP contribution in [0.3, 0.4) is 0 Å². The summed E-state index contributed by atoms with van der Waals surface area (Å²) in [5.74, 6) is -2.39. The quantitative estimate of drug-likeness (QED) is 0.580. The van der Waals surface area contributed by atoms with Crippen molar-refractivity contribution in [2.75, 3.05) is 25.6 Å². The first-order valence-electron chi connectivity index (χ1n) is 9.64. The highest BCUT2D eigenvalue weighted by atomic mass is 16.5. The van der Waals surface area contributed by atoms with Crippen LogP contribution < -0.4 is 10.6 Å². The van der Waals surface area contributed by atoms with Crippen LogP contribution in [-0.4, -0.2) is 49.0 Å². The zero-order valence-corrected chi connectivity index (χ0v) is 18.5. The Morgan fingerprint density at radius 1 is 0.935 bits per heavy atom. The van der Waals surface area contributed by atoms with Crippen LogP contribution in [0.25, 0.3) is 0 Å². The number of H-pyrrole nitrogens is 1. The summed E-state index contributed by atoms with van der Waals surface area (Å²) in [6.45, 7) is 8.12. The van der Waals surface area contributed by atoms with Crippen molar-refractivity contribution in [3.63, 3.8) is 0 Å². The summed E-state index contributed by atoms with van der Waals surface area (Å²) in [6, 6.07) is 3.91. The number of aromatic amines is 1. The second-order valence-corrected chi connectivity index (χ2v) is 7.29. The van der Waals surface area contributed by atoms with Gasteiger partial charge in [-0.1, -0.05) is 17.7 Å². The van der Waals surface area contributed by atoms with Gasteiger partial charge in [-0.15, -0.1) is 0 Å². The normalized spacial score (nSPS) is 10.4. The molecule has 1 aromatic carbocycles. The first-order valence-corrected chi connectivity index (χ1v) is 9.64. The van der Waals surface area contributed by atoms with Crippen LogP contribution in [0.2, 0.25) is 0 Å². The van der Waals surface area contributed by atoms with Crippen molar-refractivity contribution in [2.24, 2.45) is 0 Å². The molecule has 0 aliphatic carbocycles. The lowest BCUT2D eigenvalue weighted by Crippen LogP contribution is -2.35. The molecule has 0 fully saturated rings. The predicted molar refractivity (Wildman–Crippen MR) is 114 cm³/mol. The van der Waals surface area contributed by atoms with Gasteiger partial charge in [0.05, 0.1) is 19.2 Å². The van der Waals surface area contributed by atoms with Gasteiger partial charge < -0.3 is 25.1 Å². The third-order valence-electron chi connectivity index (χ3n) is 4.75. The fourth-order valence-corrected chi connectivity index (χ4v) is 3.36. The molecule has 0 bridgehead atoms. The molecule has 0 spiro atoms. The topological polar surface area (TPSA) is 127 Å². The number of amides is 2. The highest BCUT2D eigenvalue weighted by molar-refractivity contribution is 5.99.